The molecule has 0 spiro atoms. The summed E-state index contributed by atoms with van der Waals surface area (Å²) >= 11 is 12.0. The Morgan fingerprint density at radius 3 is 2.57 bits per heavy atom. The van der Waals surface area contributed by atoms with Crippen LogP contribution in [0.5, 0.6) is 5.75 Å². The van der Waals surface area contributed by atoms with Crippen molar-refractivity contribution >= 4 is 40.5 Å². The lowest BCUT2D eigenvalue weighted by molar-refractivity contribution is -0.384. The average Bonchev–Trinajstić information content (AvgIpc) is 2.51. The Morgan fingerprint density at radius 2 is 1.96 bits per heavy atom. The van der Waals surface area contributed by atoms with E-state index in [1.54, 1.807) is 6.07 Å². The normalized spacial score (nSPS) is 10.2. The van der Waals surface area contributed by atoms with E-state index < -0.39 is 10.8 Å². The van der Waals surface area contributed by atoms with E-state index in [0.29, 0.717) is 17.4 Å². The molecule has 0 aliphatic heterocycles. The van der Waals surface area contributed by atoms with Gasteiger partial charge in [-0.2, -0.15) is 0 Å². The van der Waals surface area contributed by atoms with Gasteiger partial charge in [-0.15, -0.1) is 0 Å². The smallest absolute Gasteiger partial charge is 0.271 e. The maximum Gasteiger partial charge on any atom is 0.271 e. The number of non-ortho nitro benzene ring substituents is 1. The number of anilines is 1. The predicted octanol–water partition coefficient (Wildman–Crippen LogP) is 4.55. The molecule has 120 valence electrons. The van der Waals surface area contributed by atoms with Gasteiger partial charge in [-0.1, -0.05) is 23.2 Å². The zero-order valence-corrected chi connectivity index (χ0v) is 13.5. The molecule has 0 aromatic heterocycles. The zero-order valence-electron chi connectivity index (χ0n) is 12.0. The van der Waals surface area contributed by atoms with Crippen molar-refractivity contribution in [2.45, 2.75) is 6.92 Å². The standard InChI is InChI=1S/C15H12Cl2N2O4/c1-2-23-14-6-3-9(7-12(14)17)15(20)18-13-8-10(19(21)22)4-5-11(13)16/h3-8H,2H2,1H3,(H,18,20). The Balaban J connectivity index is 2.24. The van der Waals surface area contributed by atoms with E-state index in [0.717, 1.165) is 0 Å². The molecule has 2 rings (SSSR count). The van der Waals surface area contributed by atoms with Crippen molar-refractivity contribution in [3.05, 3.63) is 62.1 Å². The Labute approximate surface area is 142 Å². The maximum atomic E-state index is 12.2. The van der Waals surface area contributed by atoms with Crippen molar-refractivity contribution in [3.8, 4) is 5.75 Å². The number of ether oxygens (including phenoxy) is 1. The first-order chi connectivity index (χ1) is 10.9. The third-order valence-corrected chi connectivity index (χ3v) is 3.53. The lowest BCUT2D eigenvalue weighted by Gasteiger charge is -2.09. The minimum atomic E-state index is -0.570. The van der Waals surface area contributed by atoms with E-state index in [1.807, 2.05) is 6.92 Å². The maximum absolute atomic E-state index is 12.2. The second kappa shape index (κ2) is 7.30. The molecule has 8 heteroatoms. The second-order valence-corrected chi connectivity index (χ2v) is 5.27. The highest BCUT2D eigenvalue weighted by Crippen LogP contribution is 2.29. The summed E-state index contributed by atoms with van der Waals surface area (Å²) in [5, 5.41) is 13.8. The largest absolute Gasteiger partial charge is 0.492 e. The monoisotopic (exact) mass is 354 g/mol. The molecule has 0 unspecified atom stereocenters. The van der Waals surface area contributed by atoms with E-state index in [2.05, 4.69) is 5.32 Å². The van der Waals surface area contributed by atoms with E-state index in [9.17, 15) is 14.9 Å². The van der Waals surface area contributed by atoms with Gasteiger partial charge in [-0.3, -0.25) is 14.9 Å². The summed E-state index contributed by atoms with van der Waals surface area (Å²) in [6.45, 7) is 2.27. The number of hydrogen-bond acceptors (Lipinski definition) is 4. The average molecular weight is 355 g/mol. The number of amides is 1. The van der Waals surface area contributed by atoms with Crippen LogP contribution in [0.3, 0.4) is 0 Å². The van der Waals surface area contributed by atoms with E-state index in [-0.39, 0.29) is 22.0 Å². The molecular formula is C15H12Cl2N2O4. The molecule has 23 heavy (non-hydrogen) atoms. The predicted molar refractivity (Wildman–Crippen MR) is 88.7 cm³/mol. The number of rotatable bonds is 5. The first-order valence-corrected chi connectivity index (χ1v) is 7.35. The molecule has 0 saturated carbocycles. The van der Waals surface area contributed by atoms with Crippen molar-refractivity contribution < 1.29 is 14.5 Å². The Bertz CT molecular complexity index is 765. The van der Waals surface area contributed by atoms with Crippen LogP contribution in [0.15, 0.2) is 36.4 Å². The van der Waals surface area contributed by atoms with Crippen molar-refractivity contribution in [3.63, 3.8) is 0 Å². The summed E-state index contributed by atoms with van der Waals surface area (Å²) in [6.07, 6.45) is 0. The molecule has 0 aliphatic carbocycles. The van der Waals surface area contributed by atoms with Crippen LogP contribution in [0.2, 0.25) is 10.0 Å². The van der Waals surface area contributed by atoms with E-state index in [4.69, 9.17) is 27.9 Å². The van der Waals surface area contributed by atoms with Crippen LogP contribution in [-0.2, 0) is 0 Å². The highest BCUT2D eigenvalue weighted by molar-refractivity contribution is 6.34. The highest BCUT2D eigenvalue weighted by atomic mass is 35.5. The van der Waals surface area contributed by atoms with Crippen LogP contribution in [0.1, 0.15) is 17.3 Å². The summed E-state index contributed by atoms with van der Waals surface area (Å²) in [5.74, 6) is -0.0172. The second-order valence-electron chi connectivity index (χ2n) is 4.45. The number of carbonyl (C=O) groups is 1. The minimum absolute atomic E-state index is 0.149. The van der Waals surface area contributed by atoms with E-state index >= 15 is 0 Å². The van der Waals surface area contributed by atoms with Crippen LogP contribution in [-0.4, -0.2) is 17.4 Å². The lowest BCUT2D eigenvalue weighted by Crippen LogP contribution is -2.12. The van der Waals surface area contributed by atoms with Crippen LogP contribution in [0.4, 0.5) is 11.4 Å². The highest BCUT2D eigenvalue weighted by Gasteiger charge is 2.14. The van der Waals surface area contributed by atoms with E-state index in [1.165, 1.54) is 30.3 Å². The van der Waals surface area contributed by atoms with Crippen molar-refractivity contribution in [1.29, 1.82) is 0 Å². The Morgan fingerprint density at radius 1 is 1.22 bits per heavy atom. The fraction of sp³-hybridized carbons (Fsp3) is 0.133. The summed E-state index contributed by atoms with van der Waals surface area (Å²) in [6, 6.07) is 8.36. The van der Waals surface area contributed by atoms with Gasteiger partial charge in [0.05, 0.1) is 27.3 Å². The molecule has 0 heterocycles. The molecule has 0 aliphatic rings. The molecule has 0 radical (unpaired) electrons. The van der Waals surface area contributed by atoms with Crippen LogP contribution in [0.25, 0.3) is 0 Å². The van der Waals surface area contributed by atoms with Crippen molar-refractivity contribution in [1.82, 2.24) is 0 Å². The van der Waals surface area contributed by atoms with Gasteiger partial charge >= 0.3 is 0 Å². The third-order valence-electron chi connectivity index (χ3n) is 2.90. The number of nitro benzene ring substituents is 1. The summed E-state index contributed by atoms with van der Waals surface area (Å²) in [4.78, 5) is 22.4. The Kier molecular flexibility index (Phi) is 5.41. The van der Waals surface area contributed by atoms with Crippen LogP contribution in [0, 0.1) is 10.1 Å². The van der Waals surface area contributed by atoms with Crippen molar-refractivity contribution in [2.75, 3.05) is 11.9 Å². The lowest BCUT2D eigenvalue weighted by atomic mass is 10.2. The van der Waals surface area contributed by atoms with Gasteiger partial charge in [0.15, 0.2) is 0 Å². The van der Waals surface area contributed by atoms with Gasteiger partial charge in [0, 0.05) is 17.7 Å². The summed E-state index contributed by atoms with van der Waals surface area (Å²) in [7, 11) is 0. The third kappa shape index (κ3) is 4.12. The number of benzene rings is 2. The summed E-state index contributed by atoms with van der Waals surface area (Å²) < 4.78 is 5.29. The molecular weight excluding hydrogens is 343 g/mol. The number of nitrogens with one attached hydrogen (secondary N) is 1. The molecule has 0 atom stereocenters. The molecule has 0 saturated heterocycles. The minimum Gasteiger partial charge on any atom is -0.492 e. The topological polar surface area (TPSA) is 81.5 Å². The SMILES string of the molecule is CCOc1ccc(C(=O)Nc2cc([N+](=O)[O-])ccc2Cl)cc1Cl. The van der Waals surface area contributed by atoms with Gasteiger partial charge in [-0.05, 0) is 31.2 Å². The first kappa shape index (κ1) is 17.1. The number of hydrogen-bond donors (Lipinski definition) is 1. The number of nitro groups is 1. The molecule has 6 nitrogen and oxygen atoms in total. The van der Waals surface area contributed by atoms with Gasteiger partial charge in [0.2, 0.25) is 0 Å². The fourth-order valence-corrected chi connectivity index (χ4v) is 2.23. The molecule has 0 bridgehead atoms. The van der Waals surface area contributed by atoms with Crippen LogP contribution >= 0.6 is 23.2 Å². The van der Waals surface area contributed by atoms with Gasteiger partial charge in [0.25, 0.3) is 11.6 Å². The number of halogens is 2. The Hall–Kier alpha value is -2.31. The number of carbonyl (C=O) groups excluding carboxylic acids is 1. The molecule has 1 amide bonds. The molecule has 2 aromatic rings. The first-order valence-electron chi connectivity index (χ1n) is 6.60. The van der Waals surface area contributed by atoms with Crippen LogP contribution < -0.4 is 10.1 Å². The molecule has 1 N–H and O–H groups in total. The van der Waals surface area contributed by atoms with Gasteiger partial charge in [0.1, 0.15) is 5.75 Å². The van der Waals surface area contributed by atoms with Crippen molar-refractivity contribution in [2.24, 2.45) is 0 Å². The fourth-order valence-electron chi connectivity index (χ4n) is 1.83. The summed E-state index contributed by atoms with van der Waals surface area (Å²) in [5.41, 5.74) is 0.256. The molecule has 2 aromatic carbocycles. The van der Waals surface area contributed by atoms with Gasteiger partial charge < -0.3 is 10.1 Å². The zero-order chi connectivity index (χ0) is 17.0. The number of nitrogens with zero attached hydrogens (tertiary/aromatic N) is 1. The van der Waals surface area contributed by atoms with Gasteiger partial charge in [-0.25, -0.2) is 0 Å². The molecule has 0 fully saturated rings. The quantitative estimate of drug-likeness (QED) is 0.630.